The number of aromatic nitrogens is 3. The lowest BCUT2D eigenvalue weighted by atomic mass is 10.2. The average Bonchev–Trinajstić information content (AvgIpc) is 3.24. The van der Waals surface area contributed by atoms with E-state index in [0.717, 1.165) is 16.9 Å². The highest BCUT2D eigenvalue weighted by Crippen LogP contribution is 2.28. The van der Waals surface area contributed by atoms with Gasteiger partial charge in [-0.3, -0.25) is 4.79 Å². The van der Waals surface area contributed by atoms with Crippen LogP contribution in [0.3, 0.4) is 0 Å². The van der Waals surface area contributed by atoms with Crippen molar-refractivity contribution in [2.24, 2.45) is 0 Å². The number of carbonyl (C=O) groups excluding carboxylic acids is 1. The molecule has 1 fully saturated rings. The maximum atomic E-state index is 12.4. The monoisotopic (exact) mass is 422 g/mol. The standard InChI is InChI=1S/C22H26N6O3/c1-15-6-7-23-19(12-15)25-18-5-4-16(2)21(26-18)17-13-24-22(31-17)28-9-8-27(10-11-30-3)20(29)14-28/h4-7,12-13H,8-11,14H2,1-3H3,(H,23,25,26). The number of nitrogens with one attached hydrogen (secondary N) is 1. The molecule has 4 heterocycles. The van der Waals surface area contributed by atoms with Gasteiger partial charge in [0.2, 0.25) is 5.91 Å². The third kappa shape index (κ3) is 4.83. The van der Waals surface area contributed by atoms with E-state index in [0.29, 0.717) is 49.5 Å². The molecule has 31 heavy (non-hydrogen) atoms. The highest BCUT2D eigenvalue weighted by atomic mass is 16.5. The van der Waals surface area contributed by atoms with Crippen LogP contribution in [0.5, 0.6) is 0 Å². The summed E-state index contributed by atoms with van der Waals surface area (Å²) in [7, 11) is 1.63. The third-order valence-corrected chi connectivity index (χ3v) is 5.15. The number of ether oxygens (including phenoxy) is 1. The molecule has 1 aliphatic rings. The van der Waals surface area contributed by atoms with Crippen molar-refractivity contribution in [3.05, 3.63) is 47.8 Å². The van der Waals surface area contributed by atoms with Crippen LogP contribution in [0.15, 0.2) is 41.1 Å². The Morgan fingerprint density at radius 3 is 2.81 bits per heavy atom. The number of pyridine rings is 2. The minimum Gasteiger partial charge on any atom is -0.422 e. The van der Waals surface area contributed by atoms with Gasteiger partial charge in [0.05, 0.1) is 12.8 Å². The second kappa shape index (κ2) is 9.13. The summed E-state index contributed by atoms with van der Waals surface area (Å²) in [5.41, 5.74) is 2.77. The fraction of sp³-hybridized carbons (Fsp3) is 0.364. The normalized spacial score (nSPS) is 14.2. The molecule has 0 aromatic carbocycles. The van der Waals surface area contributed by atoms with E-state index in [4.69, 9.17) is 14.1 Å². The average molecular weight is 422 g/mol. The Bertz CT molecular complexity index is 1070. The fourth-order valence-electron chi connectivity index (χ4n) is 3.41. The molecule has 0 spiro atoms. The summed E-state index contributed by atoms with van der Waals surface area (Å²) < 4.78 is 11.1. The summed E-state index contributed by atoms with van der Waals surface area (Å²) >= 11 is 0. The number of methoxy groups -OCH3 is 1. The zero-order valence-electron chi connectivity index (χ0n) is 18.0. The Hall–Kier alpha value is -3.46. The first-order valence-electron chi connectivity index (χ1n) is 10.2. The van der Waals surface area contributed by atoms with Gasteiger partial charge in [0.25, 0.3) is 6.01 Å². The smallest absolute Gasteiger partial charge is 0.298 e. The molecule has 9 heteroatoms. The number of aryl methyl sites for hydroxylation is 2. The number of piperazine rings is 1. The van der Waals surface area contributed by atoms with Crippen LogP contribution >= 0.6 is 0 Å². The maximum absolute atomic E-state index is 12.4. The Balaban J connectivity index is 1.49. The minimum atomic E-state index is 0.0363. The van der Waals surface area contributed by atoms with E-state index in [1.807, 2.05) is 43.0 Å². The highest BCUT2D eigenvalue weighted by Gasteiger charge is 2.26. The first-order valence-corrected chi connectivity index (χ1v) is 10.2. The molecule has 3 aromatic rings. The summed E-state index contributed by atoms with van der Waals surface area (Å²) in [5, 5.41) is 3.22. The number of nitrogens with zero attached hydrogens (tertiary/aromatic N) is 5. The van der Waals surface area contributed by atoms with Crippen LogP contribution in [0.1, 0.15) is 11.1 Å². The van der Waals surface area contributed by atoms with Crippen LogP contribution in [0.2, 0.25) is 0 Å². The van der Waals surface area contributed by atoms with Gasteiger partial charge in [-0.1, -0.05) is 6.07 Å². The quantitative estimate of drug-likeness (QED) is 0.621. The number of hydrogen-bond acceptors (Lipinski definition) is 8. The van der Waals surface area contributed by atoms with Gasteiger partial charge in [0.15, 0.2) is 5.76 Å². The molecule has 0 aliphatic carbocycles. The van der Waals surface area contributed by atoms with Crippen molar-refractivity contribution in [3.63, 3.8) is 0 Å². The minimum absolute atomic E-state index is 0.0363. The Morgan fingerprint density at radius 2 is 2.03 bits per heavy atom. The fourth-order valence-corrected chi connectivity index (χ4v) is 3.41. The van der Waals surface area contributed by atoms with Gasteiger partial charge in [-0.15, -0.1) is 0 Å². The predicted octanol–water partition coefficient (Wildman–Crippen LogP) is 2.79. The highest BCUT2D eigenvalue weighted by molar-refractivity contribution is 5.82. The van der Waals surface area contributed by atoms with Crippen molar-refractivity contribution in [2.45, 2.75) is 13.8 Å². The van der Waals surface area contributed by atoms with Crippen molar-refractivity contribution in [1.82, 2.24) is 19.9 Å². The van der Waals surface area contributed by atoms with Gasteiger partial charge in [-0.2, -0.15) is 0 Å². The van der Waals surface area contributed by atoms with E-state index >= 15 is 0 Å². The van der Waals surface area contributed by atoms with Crippen molar-refractivity contribution in [1.29, 1.82) is 0 Å². The van der Waals surface area contributed by atoms with Crippen LogP contribution in [-0.2, 0) is 9.53 Å². The molecule has 1 saturated heterocycles. The van der Waals surface area contributed by atoms with Crippen molar-refractivity contribution in [3.8, 4) is 11.5 Å². The lowest BCUT2D eigenvalue weighted by molar-refractivity contribution is -0.131. The molecule has 4 rings (SSSR count). The molecule has 1 aliphatic heterocycles. The molecule has 3 aromatic heterocycles. The van der Waals surface area contributed by atoms with E-state index < -0.39 is 0 Å². The van der Waals surface area contributed by atoms with E-state index in [1.165, 1.54) is 0 Å². The van der Waals surface area contributed by atoms with Gasteiger partial charge in [0, 0.05) is 32.9 Å². The SMILES string of the molecule is COCCN1CCN(c2ncc(-c3nc(Nc4cc(C)ccn4)ccc3C)o2)CC1=O. The second-order valence-corrected chi connectivity index (χ2v) is 7.51. The molecule has 0 radical (unpaired) electrons. The van der Waals surface area contributed by atoms with Crippen molar-refractivity contribution >= 4 is 23.6 Å². The molecule has 9 nitrogen and oxygen atoms in total. The van der Waals surface area contributed by atoms with Gasteiger partial charge >= 0.3 is 0 Å². The van der Waals surface area contributed by atoms with Crippen LogP contribution in [0, 0.1) is 13.8 Å². The molecule has 0 bridgehead atoms. The lowest BCUT2D eigenvalue weighted by Crippen LogP contribution is -2.51. The number of oxazole rings is 1. The van der Waals surface area contributed by atoms with Crippen molar-refractivity contribution < 1.29 is 13.9 Å². The molecular weight excluding hydrogens is 396 g/mol. The number of rotatable bonds is 7. The molecular formula is C22H26N6O3. The molecule has 0 saturated carbocycles. The van der Waals surface area contributed by atoms with Gasteiger partial charge in [-0.05, 0) is 43.2 Å². The molecule has 0 atom stereocenters. The van der Waals surface area contributed by atoms with E-state index in [9.17, 15) is 4.79 Å². The molecule has 1 N–H and O–H groups in total. The number of carbonyl (C=O) groups is 1. The first-order chi connectivity index (χ1) is 15.0. The first kappa shape index (κ1) is 20.8. The molecule has 162 valence electrons. The molecule has 1 amide bonds. The van der Waals surface area contributed by atoms with E-state index in [-0.39, 0.29) is 12.5 Å². The number of hydrogen-bond donors (Lipinski definition) is 1. The summed E-state index contributed by atoms with van der Waals surface area (Å²) in [4.78, 5) is 29.4. The topological polar surface area (TPSA) is 96.6 Å². The zero-order chi connectivity index (χ0) is 21.8. The molecule has 0 unspecified atom stereocenters. The van der Waals surface area contributed by atoms with Crippen LogP contribution in [-0.4, -0.2) is 65.7 Å². The summed E-state index contributed by atoms with van der Waals surface area (Å²) in [6.07, 6.45) is 3.41. The van der Waals surface area contributed by atoms with Crippen LogP contribution < -0.4 is 10.2 Å². The Morgan fingerprint density at radius 1 is 1.16 bits per heavy atom. The summed E-state index contributed by atoms with van der Waals surface area (Å²) in [5.74, 6) is 1.99. The van der Waals surface area contributed by atoms with Crippen LogP contribution in [0.4, 0.5) is 17.7 Å². The Kier molecular flexibility index (Phi) is 6.13. The Labute approximate surface area is 181 Å². The number of anilines is 3. The third-order valence-electron chi connectivity index (χ3n) is 5.15. The largest absolute Gasteiger partial charge is 0.422 e. The van der Waals surface area contributed by atoms with Crippen LogP contribution in [0.25, 0.3) is 11.5 Å². The number of amides is 1. The summed E-state index contributed by atoms with van der Waals surface area (Å²) in [6, 6.07) is 8.20. The predicted molar refractivity (Wildman–Crippen MR) is 117 cm³/mol. The second-order valence-electron chi connectivity index (χ2n) is 7.51. The van der Waals surface area contributed by atoms with Gasteiger partial charge in [0.1, 0.15) is 23.9 Å². The van der Waals surface area contributed by atoms with E-state index in [2.05, 4.69) is 15.3 Å². The van der Waals surface area contributed by atoms with Crippen molar-refractivity contribution in [2.75, 3.05) is 50.1 Å². The maximum Gasteiger partial charge on any atom is 0.298 e. The lowest BCUT2D eigenvalue weighted by Gasteiger charge is -2.33. The van der Waals surface area contributed by atoms with Gasteiger partial charge < -0.3 is 24.3 Å². The summed E-state index contributed by atoms with van der Waals surface area (Å²) in [6.45, 7) is 6.61. The van der Waals surface area contributed by atoms with Gasteiger partial charge in [-0.25, -0.2) is 15.0 Å². The van der Waals surface area contributed by atoms with E-state index in [1.54, 1.807) is 24.4 Å². The zero-order valence-corrected chi connectivity index (χ0v) is 18.0.